The summed E-state index contributed by atoms with van der Waals surface area (Å²) in [6, 6.07) is 10.7. The van der Waals surface area contributed by atoms with Crippen molar-refractivity contribution in [3.8, 4) is 0 Å². The van der Waals surface area contributed by atoms with E-state index < -0.39 is 10.1 Å². The molecule has 1 aliphatic rings. The van der Waals surface area contributed by atoms with Gasteiger partial charge in [0.15, 0.2) is 0 Å². The summed E-state index contributed by atoms with van der Waals surface area (Å²) < 4.78 is 32.7. The molecule has 1 heterocycles. The van der Waals surface area contributed by atoms with Crippen LogP contribution >= 0.6 is 0 Å². The van der Waals surface area contributed by atoms with Crippen LogP contribution in [0.1, 0.15) is 19.3 Å². The Labute approximate surface area is 118 Å². The number of nitrogens with zero attached hydrogens (tertiary/aromatic N) is 1. The minimum absolute atomic E-state index is 0.00354. The van der Waals surface area contributed by atoms with Crippen LogP contribution in [-0.4, -0.2) is 26.1 Å². The van der Waals surface area contributed by atoms with Gasteiger partial charge < -0.3 is 4.90 Å². The lowest BCUT2D eigenvalue weighted by molar-refractivity contribution is 0.484. The Kier molecular flexibility index (Phi) is 3.40. The van der Waals surface area contributed by atoms with E-state index in [1.807, 2.05) is 24.3 Å². The Balaban J connectivity index is 2.26. The molecule has 0 unspecified atom stereocenters. The highest BCUT2D eigenvalue weighted by molar-refractivity contribution is 7.86. The van der Waals surface area contributed by atoms with E-state index in [1.165, 1.54) is 12.5 Å². The van der Waals surface area contributed by atoms with E-state index in [-0.39, 0.29) is 4.90 Å². The van der Waals surface area contributed by atoms with Crippen LogP contribution in [0.2, 0.25) is 0 Å². The molecule has 20 heavy (non-hydrogen) atoms. The molecule has 0 aliphatic carbocycles. The van der Waals surface area contributed by atoms with Gasteiger partial charge in [0.2, 0.25) is 0 Å². The molecule has 0 atom stereocenters. The molecule has 2 aromatic rings. The van der Waals surface area contributed by atoms with Gasteiger partial charge in [-0.3, -0.25) is 4.55 Å². The molecule has 4 nitrogen and oxygen atoms in total. The lowest BCUT2D eigenvalue weighted by atomic mass is 10.1. The number of hydrogen-bond donors (Lipinski definition) is 1. The van der Waals surface area contributed by atoms with Crippen molar-refractivity contribution < 1.29 is 13.0 Å². The van der Waals surface area contributed by atoms with Gasteiger partial charge in [-0.25, -0.2) is 0 Å². The summed E-state index contributed by atoms with van der Waals surface area (Å²) in [7, 11) is -4.22. The van der Waals surface area contributed by atoms with Crippen molar-refractivity contribution in [1.29, 1.82) is 0 Å². The molecular weight excluding hydrogens is 274 g/mol. The Morgan fingerprint density at radius 2 is 1.60 bits per heavy atom. The number of rotatable bonds is 2. The second-order valence-corrected chi connectivity index (χ2v) is 6.54. The average molecular weight is 291 g/mol. The third-order valence-corrected chi connectivity index (χ3v) is 4.72. The van der Waals surface area contributed by atoms with Gasteiger partial charge in [-0.05, 0) is 36.8 Å². The zero-order chi connectivity index (χ0) is 14.2. The first-order valence-electron chi connectivity index (χ1n) is 6.81. The number of anilines is 1. The van der Waals surface area contributed by atoms with Gasteiger partial charge >= 0.3 is 0 Å². The standard InChI is InChI=1S/C15H17NO3S/c17-20(18,19)14-9-5-7-12-6-4-8-13(15(12)14)16-10-2-1-3-11-16/h4-9H,1-3,10-11H2,(H,17,18,19). The van der Waals surface area contributed by atoms with Crippen LogP contribution < -0.4 is 4.90 Å². The van der Waals surface area contributed by atoms with E-state index in [1.54, 1.807) is 6.07 Å². The predicted molar refractivity (Wildman–Crippen MR) is 79.8 cm³/mol. The maximum atomic E-state index is 11.6. The van der Waals surface area contributed by atoms with Gasteiger partial charge in [0, 0.05) is 24.2 Å². The van der Waals surface area contributed by atoms with Crippen LogP contribution in [0.4, 0.5) is 5.69 Å². The lowest BCUT2D eigenvalue weighted by Gasteiger charge is -2.30. The van der Waals surface area contributed by atoms with Crippen LogP contribution in [0.15, 0.2) is 41.3 Å². The van der Waals surface area contributed by atoms with Crippen LogP contribution in [0, 0.1) is 0 Å². The maximum Gasteiger partial charge on any atom is 0.295 e. The Bertz CT molecular complexity index is 729. The molecule has 1 N–H and O–H groups in total. The van der Waals surface area contributed by atoms with Crippen molar-refractivity contribution in [1.82, 2.24) is 0 Å². The van der Waals surface area contributed by atoms with Gasteiger partial charge in [0.05, 0.1) is 0 Å². The summed E-state index contributed by atoms with van der Waals surface area (Å²) in [5, 5.41) is 1.46. The van der Waals surface area contributed by atoms with Crippen molar-refractivity contribution in [3.05, 3.63) is 36.4 Å². The van der Waals surface area contributed by atoms with E-state index in [0.717, 1.165) is 37.0 Å². The van der Waals surface area contributed by atoms with Crippen LogP contribution in [0.5, 0.6) is 0 Å². The molecule has 0 spiro atoms. The summed E-state index contributed by atoms with van der Waals surface area (Å²) in [4.78, 5) is 2.21. The van der Waals surface area contributed by atoms with Crippen LogP contribution in [0.3, 0.4) is 0 Å². The first-order valence-corrected chi connectivity index (χ1v) is 8.25. The SMILES string of the molecule is O=S(=O)(O)c1cccc2cccc(N3CCCCC3)c12. The summed E-state index contributed by atoms with van der Waals surface area (Å²) in [6.45, 7) is 1.86. The van der Waals surface area contributed by atoms with Gasteiger partial charge in [-0.1, -0.05) is 24.3 Å². The fraction of sp³-hybridized carbons (Fsp3) is 0.333. The smallest absolute Gasteiger partial charge is 0.295 e. The topological polar surface area (TPSA) is 57.6 Å². The van der Waals surface area contributed by atoms with Crippen LogP contribution in [0.25, 0.3) is 10.8 Å². The third kappa shape index (κ3) is 2.39. The summed E-state index contributed by atoms with van der Waals surface area (Å²) in [5.41, 5.74) is 0.899. The third-order valence-electron chi connectivity index (χ3n) is 3.82. The molecule has 1 fully saturated rings. The lowest BCUT2D eigenvalue weighted by Crippen LogP contribution is -2.29. The Morgan fingerprint density at radius 3 is 2.25 bits per heavy atom. The van der Waals surface area contributed by atoms with Gasteiger partial charge in [0.1, 0.15) is 4.90 Å². The maximum absolute atomic E-state index is 11.6. The van der Waals surface area contributed by atoms with Gasteiger partial charge in [0.25, 0.3) is 10.1 Å². The Hall–Kier alpha value is -1.59. The predicted octanol–water partition coefficient (Wildman–Crippen LogP) is 3.08. The monoisotopic (exact) mass is 291 g/mol. The highest BCUT2D eigenvalue weighted by Crippen LogP contribution is 2.33. The number of fused-ring (bicyclic) bond motifs is 1. The molecule has 3 rings (SSSR count). The van der Waals surface area contributed by atoms with E-state index >= 15 is 0 Å². The number of hydrogen-bond acceptors (Lipinski definition) is 3. The Morgan fingerprint density at radius 1 is 0.950 bits per heavy atom. The first kappa shape index (κ1) is 13.4. The van der Waals surface area contributed by atoms with E-state index in [2.05, 4.69) is 4.90 Å². The van der Waals surface area contributed by atoms with Crippen molar-refractivity contribution in [2.24, 2.45) is 0 Å². The van der Waals surface area contributed by atoms with Crippen molar-refractivity contribution in [3.63, 3.8) is 0 Å². The number of benzene rings is 2. The van der Waals surface area contributed by atoms with Crippen molar-refractivity contribution >= 4 is 26.6 Å². The largest absolute Gasteiger partial charge is 0.371 e. The van der Waals surface area contributed by atoms with Crippen LogP contribution in [-0.2, 0) is 10.1 Å². The molecule has 2 aromatic carbocycles. The van der Waals surface area contributed by atoms with Crippen molar-refractivity contribution in [2.75, 3.05) is 18.0 Å². The molecule has 1 aliphatic heterocycles. The highest BCUT2D eigenvalue weighted by atomic mass is 32.2. The highest BCUT2D eigenvalue weighted by Gasteiger charge is 2.20. The fourth-order valence-electron chi connectivity index (χ4n) is 2.90. The van der Waals surface area contributed by atoms with Crippen molar-refractivity contribution in [2.45, 2.75) is 24.2 Å². The summed E-state index contributed by atoms with van der Waals surface area (Å²) >= 11 is 0. The molecule has 0 bridgehead atoms. The average Bonchev–Trinajstić information content (AvgIpc) is 2.46. The zero-order valence-corrected chi connectivity index (χ0v) is 11.9. The molecule has 0 amide bonds. The molecular formula is C15H17NO3S. The fourth-order valence-corrected chi connectivity index (χ4v) is 3.63. The summed E-state index contributed by atoms with van der Waals surface area (Å²) in [5.74, 6) is 0. The zero-order valence-electron chi connectivity index (χ0n) is 11.1. The van der Waals surface area contributed by atoms with E-state index in [9.17, 15) is 13.0 Å². The normalized spacial score (nSPS) is 16.6. The second kappa shape index (κ2) is 5.07. The number of piperidine rings is 1. The molecule has 106 valence electrons. The quantitative estimate of drug-likeness (QED) is 0.864. The molecule has 0 radical (unpaired) electrons. The van der Waals surface area contributed by atoms with Gasteiger partial charge in [-0.2, -0.15) is 8.42 Å². The molecule has 0 saturated carbocycles. The molecule has 0 aromatic heterocycles. The summed E-state index contributed by atoms with van der Waals surface area (Å²) in [6.07, 6.45) is 3.45. The van der Waals surface area contributed by atoms with E-state index in [0.29, 0.717) is 5.39 Å². The second-order valence-electron chi connectivity index (χ2n) is 5.15. The minimum Gasteiger partial charge on any atom is -0.371 e. The molecule has 5 heteroatoms. The van der Waals surface area contributed by atoms with Gasteiger partial charge in [-0.15, -0.1) is 0 Å². The van der Waals surface area contributed by atoms with E-state index in [4.69, 9.17) is 0 Å². The molecule has 1 saturated heterocycles. The first-order chi connectivity index (χ1) is 9.57. The minimum atomic E-state index is -4.22.